The maximum Gasteiger partial charge on any atom is 0.350 e. The summed E-state index contributed by atoms with van der Waals surface area (Å²) < 4.78 is 10.0. The van der Waals surface area contributed by atoms with Crippen LogP contribution in [-0.4, -0.2) is 22.7 Å². The van der Waals surface area contributed by atoms with Gasteiger partial charge in [0.05, 0.1) is 0 Å². The highest BCUT2D eigenvalue weighted by molar-refractivity contribution is 6.15. The van der Waals surface area contributed by atoms with Crippen LogP contribution in [0, 0.1) is 0 Å². The molecule has 0 spiro atoms. The number of nitrogens with one attached hydrogen (secondary N) is 2. The first-order valence-corrected chi connectivity index (χ1v) is 6.90. The number of hydrogen-bond acceptors (Lipinski definition) is 6. The molecular weight excluding hydrogens is 300 g/mol. The second-order valence-electron chi connectivity index (χ2n) is 5.49. The van der Waals surface area contributed by atoms with E-state index in [1.54, 1.807) is 18.3 Å². The van der Waals surface area contributed by atoms with Crippen molar-refractivity contribution < 1.29 is 19.1 Å². The SMILES string of the molecule is CC1(C)OC(=O)C(=CNc2cccc3c[nH]c(=O)cc23)C(=O)O1. The summed E-state index contributed by atoms with van der Waals surface area (Å²) in [6.07, 6.45) is 2.80. The maximum atomic E-state index is 11.9. The molecule has 1 aliphatic heterocycles. The van der Waals surface area contributed by atoms with Gasteiger partial charge in [-0.05, 0) is 6.07 Å². The molecule has 0 unspecified atom stereocenters. The summed E-state index contributed by atoms with van der Waals surface area (Å²) >= 11 is 0. The third-order valence-corrected chi connectivity index (χ3v) is 3.27. The van der Waals surface area contributed by atoms with Gasteiger partial charge >= 0.3 is 11.9 Å². The van der Waals surface area contributed by atoms with Crippen molar-refractivity contribution in [3.63, 3.8) is 0 Å². The van der Waals surface area contributed by atoms with Crippen LogP contribution in [0.4, 0.5) is 5.69 Å². The van der Waals surface area contributed by atoms with Gasteiger partial charge in [0.15, 0.2) is 5.57 Å². The van der Waals surface area contributed by atoms with Crippen molar-refractivity contribution in [2.45, 2.75) is 19.6 Å². The van der Waals surface area contributed by atoms with E-state index in [1.807, 2.05) is 6.07 Å². The van der Waals surface area contributed by atoms with E-state index in [2.05, 4.69) is 10.3 Å². The fourth-order valence-electron chi connectivity index (χ4n) is 2.25. The van der Waals surface area contributed by atoms with E-state index < -0.39 is 17.7 Å². The minimum Gasteiger partial charge on any atom is -0.419 e. The number of carbonyl (C=O) groups excluding carboxylic acids is 2. The molecule has 118 valence electrons. The number of cyclic esters (lactones) is 2. The van der Waals surface area contributed by atoms with Gasteiger partial charge in [-0.1, -0.05) is 12.1 Å². The van der Waals surface area contributed by atoms with Crippen LogP contribution in [-0.2, 0) is 19.1 Å². The van der Waals surface area contributed by atoms with E-state index in [9.17, 15) is 14.4 Å². The quantitative estimate of drug-likeness (QED) is 0.497. The highest BCUT2D eigenvalue weighted by Gasteiger charge is 2.38. The standard InChI is InChI=1S/C16H14N2O5/c1-16(2)22-14(20)11(15(21)23-16)8-17-12-5-3-4-9-7-18-13(19)6-10(9)12/h3-8,17H,1-2H3,(H,18,19). The van der Waals surface area contributed by atoms with Gasteiger partial charge in [-0.2, -0.15) is 0 Å². The molecule has 1 saturated heterocycles. The normalized spacial score (nSPS) is 16.7. The lowest BCUT2D eigenvalue weighted by atomic mass is 10.1. The van der Waals surface area contributed by atoms with Gasteiger partial charge in [0.2, 0.25) is 5.56 Å². The summed E-state index contributed by atoms with van der Waals surface area (Å²) in [5, 5.41) is 4.32. The predicted octanol–water partition coefficient (Wildman–Crippen LogP) is 1.66. The van der Waals surface area contributed by atoms with Crippen molar-refractivity contribution in [1.82, 2.24) is 4.98 Å². The van der Waals surface area contributed by atoms with E-state index >= 15 is 0 Å². The van der Waals surface area contributed by atoms with Gasteiger partial charge in [0, 0.05) is 48.8 Å². The number of hydrogen-bond donors (Lipinski definition) is 2. The van der Waals surface area contributed by atoms with Gasteiger partial charge in [0.25, 0.3) is 5.79 Å². The Kier molecular flexibility index (Phi) is 3.40. The van der Waals surface area contributed by atoms with E-state index in [4.69, 9.17) is 9.47 Å². The number of rotatable bonds is 2. The van der Waals surface area contributed by atoms with Crippen LogP contribution in [0.25, 0.3) is 10.8 Å². The van der Waals surface area contributed by atoms with Crippen molar-refractivity contribution in [3.05, 3.63) is 52.6 Å². The molecule has 2 N–H and O–H groups in total. The van der Waals surface area contributed by atoms with Crippen molar-refractivity contribution in [2.75, 3.05) is 5.32 Å². The van der Waals surface area contributed by atoms with Crippen molar-refractivity contribution in [2.24, 2.45) is 0 Å². The van der Waals surface area contributed by atoms with Crippen LogP contribution in [0.3, 0.4) is 0 Å². The monoisotopic (exact) mass is 314 g/mol. The first-order valence-electron chi connectivity index (χ1n) is 6.90. The molecule has 0 aliphatic carbocycles. The van der Waals surface area contributed by atoms with Crippen LogP contribution >= 0.6 is 0 Å². The van der Waals surface area contributed by atoms with Gasteiger partial charge in [-0.3, -0.25) is 4.79 Å². The Labute approximate surface area is 130 Å². The molecule has 0 atom stereocenters. The number of ether oxygens (including phenoxy) is 2. The highest BCUT2D eigenvalue weighted by Crippen LogP contribution is 2.24. The Balaban J connectivity index is 1.94. The molecule has 1 aromatic heterocycles. The number of aromatic nitrogens is 1. The molecule has 0 radical (unpaired) electrons. The largest absolute Gasteiger partial charge is 0.419 e. The Morgan fingerprint density at radius 1 is 1.13 bits per heavy atom. The van der Waals surface area contributed by atoms with E-state index in [1.165, 1.54) is 26.1 Å². The summed E-state index contributed by atoms with van der Waals surface area (Å²) in [6.45, 7) is 2.95. The van der Waals surface area contributed by atoms with Crippen LogP contribution in [0.5, 0.6) is 0 Å². The summed E-state index contributed by atoms with van der Waals surface area (Å²) in [6, 6.07) is 6.76. The Morgan fingerprint density at radius 2 is 1.83 bits per heavy atom. The Bertz CT molecular complexity index is 873. The molecule has 2 aromatic rings. The smallest absolute Gasteiger partial charge is 0.350 e. The van der Waals surface area contributed by atoms with Gasteiger partial charge in [-0.25, -0.2) is 9.59 Å². The number of anilines is 1. The van der Waals surface area contributed by atoms with Gasteiger partial charge in [0.1, 0.15) is 0 Å². The number of benzene rings is 1. The molecule has 0 bridgehead atoms. The minimum absolute atomic E-state index is 0.244. The summed E-state index contributed by atoms with van der Waals surface area (Å²) in [5.41, 5.74) is 0.0790. The zero-order valence-electron chi connectivity index (χ0n) is 12.5. The summed E-state index contributed by atoms with van der Waals surface area (Å²) in [5.74, 6) is -2.81. The molecule has 7 nitrogen and oxygen atoms in total. The van der Waals surface area contributed by atoms with Gasteiger partial charge < -0.3 is 19.8 Å². The number of esters is 2. The van der Waals surface area contributed by atoms with Crippen LogP contribution < -0.4 is 10.9 Å². The molecule has 7 heteroatoms. The van der Waals surface area contributed by atoms with Crippen LogP contribution in [0.15, 0.2) is 47.0 Å². The number of aromatic amines is 1. The number of carbonyl (C=O) groups is 2. The second-order valence-corrected chi connectivity index (χ2v) is 5.49. The number of pyridine rings is 1. The van der Waals surface area contributed by atoms with E-state index in [0.717, 1.165) is 5.39 Å². The third kappa shape index (κ3) is 2.94. The molecule has 1 aromatic carbocycles. The molecule has 1 aliphatic rings. The topological polar surface area (TPSA) is 97.5 Å². The molecule has 1 fully saturated rings. The fourth-order valence-corrected chi connectivity index (χ4v) is 2.25. The molecule has 0 saturated carbocycles. The first-order chi connectivity index (χ1) is 10.9. The fraction of sp³-hybridized carbons (Fsp3) is 0.188. The van der Waals surface area contributed by atoms with Crippen LogP contribution in [0.1, 0.15) is 13.8 Å². The summed E-state index contributed by atoms with van der Waals surface area (Å²) in [4.78, 5) is 37.8. The van der Waals surface area contributed by atoms with Crippen molar-refractivity contribution in [1.29, 1.82) is 0 Å². The van der Waals surface area contributed by atoms with Crippen molar-refractivity contribution >= 4 is 28.4 Å². The predicted molar refractivity (Wildman–Crippen MR) is 82.5 cm³/mol. The zero-order valence-corrected chi connectivity index (χ0v) is 12.5. The highest BCUT2D eigenvalue weighted by atomic mass is 16.7. The lowest BCUT2D eigenvalue weighted by molar-refractivity contribution is -0.222. The maximum absolute atomic E-state index is 11.9. The molecule has 23 heavy (non-hydrogen) atoms. The first kappa shape index (κ1) is 14.8. The minimum atomic E-state index is -1.28. The average molecular weight is 314 g/mol. The zero-order chi connectivity index (χ0) is 16.6. The summed E-state index contributed by atoms with van der Waals surface area (Å²) in [7, 11) is 0. The van der Waals surface area contributed by atoms with Gasteiger partial charge in [-0.15, -0.1) is 0 Å². The van der Waals surface area contributed by atoms with E-state index in [0.29, 0.717) is 11.1 Å². The Hall–Kier alpha value is -3.09. The lowest BCUT2D eigenvalue weighted by Crippen LogP contribution is -2.42. The number of fused-ring (bicyclic) bond motifs is 1. The lowest BCUT2D eigenvalue weighted by Gasteiger charge is -2.29. The number of H-pyrrole nitrogens is 1. The third-order valence-electron chi connectivity index (χ3n) is 3.27. The molecular formula is C16H14N2O5. The Morgan fingerprint density at radius 3 is 2.52 bits per heavy atom. The van der Waals surface area contributed by atoms with E-state index in [-0.39, 0.29) is 11.1 Å². The molecule has 3 rings (SSSR count). The average Bonchev–Trinajstić information content (AvgIpc) is 2.45. The van der Waals surface area contributed by atoms with Crippen molar-refractivity contribution in [3.8, 4) is 0 Å². The molecule has 2 heterocycles. The second kappa shape index (κ2) is 5.28. The molecule has 0 amide bonds. The van der Waals surface area contributed by atoms with Crippen LogP contribution in [0.2, 0.25) is 0 Å².